The summed E-state index contributed by atoms with van der Waals surface area (Å²) < 4.78 is 5.13. The molecule has 0 bridgehead atoms. The summed E-state index contributed by atoms with van der Waals surface area (Å²) in [4.78, 5) is 22.0. The zero-order chi connectivity index (χ0) is 12.9. The van der Waals surface area contributed by atoms with Crippen LogP contribution in [0.4, 0.5) is 0 Å². The summed E-state index contributed by atoms with van der Waals surface area (Å²) in [6.45, 7) is 11.7. The molecule has 0 aliphatic rings. The molecule has 1 radical (unpaired) electrons. The van der Waals surface area contributed by atoms with Gasteiger partial charge in [-0.05, 0) is 40.2 Å². The van der Waals surface area contributed by atoms with Gasteiger partial charge in [-0.3, -0.25) is 0 Å². The van der Waals surface area contributed by atoms with Crippen LogP contribution in [0.15, 0.2) is 23.8 Å². The van der Waals surface area contributed by atoms with Gasteiger partial charge in [-0.1, -0.05) is 6.58 Å². The van der Waals surface area contributed by atoms with Crippen LogP contribution in [-0.4, -0.2) is 22.6 Å². The van der Waals surface area contributed by atoms with Crippen LogP contribution in [0.1, 0.15) is 27.2 Å². The third-order valence-electron chi connectivity index (χ3n) is 2.03. The molecule has 0 saturated carbocycles. The van der Waals surface area contributed by atoms with Gasteiger partial charge >= 0.3 is 11.9 Å². The minimum absolute atomic E-state index is 0.112. The van der Waals surface area contributed by atoms with E-state index in [-0.39, 0.29) is 17.6 Å². The molecular weight excluding hydrogens is 208 g/mol. The summed E-state index contributed by atoms with van der Waals surface area (Å²) in [5.41, 5.74) is -0.639. The van der Waals surface area contributed by atoms with Crippen molar-refractivity contribution < 1.29 is 19.4 Å². The molecule has 1 N–H and O–H groups in total. The van der Waals surface area contributed by atoms with E-state index in [1.165, 1.54) is 19.9 Å². The van der Waals surface area contributed by atoms with Crippen LogP contribution < -0.4 is 0 Å². The SMILES string of the molecule is [CH2]CC(C)(C=C(C)C(=O)O)OC(=O)C(=C)C. The Kier molecular flexibility index (Phi) is 4.95. The maximum absolute atomic E-state index is 11.3. The monoisotopic (exact) mass is 225 g/mol. The lowest BCUT2D eigenvalue weighted by atomic mass is 10.00. The van der Waals surface area contributed by atoms with Gasteiger partial charge in [0, 0.05) is 11.1 Å². The van der Waals surface area contributed by atoms with Crippen LogP contribution in [0, 0.1) is 6.92 Å². The number of hydrogen-bond donors (Lipinski definition) is 1. The van der Waals surface area contributed by atoms with Crippen molar-refractivity contribution in [3.63, 3.8) is 0 Å². The lowest BCUT2D eigenvalue weighted by Gasteiger charge is -2.25. The standard InChI is InChI=1S/C12H17O4/c1-6-12(5,7-9(4)10(13)14)16-11(15)8(2)3/h7H,1-2,6H2,3-5H3,(H,13,14). The van der Waals surface area contributed by atoms with E-state index in [4.69, 9.17) is 9.84 Å². The summed E-state index contributed by atoms with van der Waals surface area (Å²) in [7, 11) is 0. The molecule has 89 valence electrons. The number of ether oxygens (including phenoxy) is 1. The van der Waals surface area contributed by atoms with Gasteiger partial charge in [-0.25, -0.2) is 9.59 Å². The Morgan fingerprint density at radius 1 is 1.44 bits per heavy atom. The first-order chi connectivity index (χ1) is 7.22. The Labute approximate surface area is 95.6 Å². The molecule has 0 aliphatic carbocycles. The molecule has 1 unspecified atom stereocenters. The molecule has 0 saturated heterocycles. The van der Waals surface area contributed by atoms with Gasteiger partial charge in [0.15, 0.2) is 0 Å². The van der Waals surface area contributed by atoms with Gasteiger partial charge in [-0.15, -0.1) is 0 Å². The van der Waals surface area contributed by atoms with Crippen molar-refractivity contribution >= 4 is 11.9 Å². The number of rotatable bonds is 5. The fourth-order valence-corrected chi connectivity index (χ4v) is 0.971. The summed E-state index contributed by atoms with van der Waals surface area (Å²) in [5.74, 6) is -1.60. The number of aliphatic carboxylic acids is 1. The van der Waals surface area contributed by atoms with E-state index < -0.39 is 17.5 Å². The molecule has 0 aromatic carbocycles. The zero-order valence-electron chi connectivity index (χ0n) is 9.87. The van der Waals surface area contributed by atoms with E-state index in [1.54, 1.807) is 6.92 Å². The molecule has 0 amide bonds. The number of esters is 1. The normalized spacial score (nSPS) is 15.1. The summed E-state index contributed by atoms with van der Waals surface area (Å²) in [5, 5.41) is 8.74. The quantitative estimate of drug-likeness (QED) is 0.575. The first-order valence-corrected chi connectivity index (χ1v) is 4.82. The van der Waals surface area contributed by atoms with Crippen molar-refractivity contribution in [3.8, 4) is 0 Å². The Balaban J connectivity index is 4.93. The van der Waals surface area contributed by atoms with Crippen molar-refractivity contribution in [2.75, 3.05) is 0 Å². The molecule has 1 atom stereocenters. The molecule has 4 nitrogen and oxygen atoms in total. The van der Waals surface area contributed by atoms with Gasteiger partial charge < -0.3 is 9.84 Å². The predicted molar refractivity (Wildman–Crippen MR) is 60.7 cm³/mol. The second-order valence-corrected chi connectivity index (χ2v) is 3.87. The van der Waals surface area contributed by atoms with Crippen molar-refractivity contribution in [2.24, 2.45) is 0 Å². The Morgan fingerprint density at radius 3 is 2.25 bits per heavy atom. The number of carbonyl (C=O) groups excluding carboxylic acids is 1. The highest BCUT2D eigenvalue weighted by Gasteiger charge is 2.25. The molecule has 0 spiro atoms. The van der Waals surface area contributed by atoms with Crippen LogP contribution in [0.2, 0.25) is 0 Å². The average Bonchev–Trinajstić information content (AvgIpc) is 2.17. The molecule has 0 aromatic rings. The predicted octanol–water partition coefficient (Wildman–Crippen LogP) is 2.12. The van der Waals surface area contributed by atoms with Crippen LogP contribution >= 0.6 is 0 Å². The lowest BCUT2D eigenvalue weighted by molar-refractivity contribution is -0.149. The van der Waals surface area contributed by atoms with Crippen molar-refractivity contribution in [3.05, 3.63) is 30.7 Å². The third kappa shape index (κ3) is 4.29. The Bertz CT molecular complexity index is 341. The van der Waals surface area contributed by atoms with Crippen LogP contribution in [0.25, 0.3) is 0 Å². The molecule has 4 heteroatoms. The van der Waals surface area contributed by atoms with Gasteiger partial charge in [0.2, 0.25) is 0 Å². The molecule has 0 aliphatic heterocycles. The largest absolute Gasteiger partial charge is 0.478 e. The van der Waals surface area contributed by atoms with E-state index in [0.717, 1.165) is 0 Å². The molecule has 0 aromatic heterocycles. The summed E-state index contributed by atoms with van der Waals surface area (Å²) in [6.07, 6.45) is 1.62. The minimum Gasteiger partial charge on any atom is -0.478 e. The summed E-state index contributed by atoms with van der Waals surface area (Å²) >= 11 is 0. The highest BCUT2D eigenvalue weighted by Crippen LogP contribution is 2.20. The molecular formula is C12H17O4. The van der Waals surface area contributed by atoms with E-state index in [9.17, 15) is 9.59 Å². The minimum atomic E-state index is -1.05. The maximum atomic E-state index is 11.3. The van der Waals surface area contributed by atoms with Crippen molar-refractivity contribution in [1.82, 2.24) is 0 Å². The second-order valence-electron chi connectivity index (χ2n) is 3.87. The molecule has 0 fully saturated rings. The van der Waals surface area contributed by atoms with Gasteiger partial charge in [-0.2, -0.15) is 0 Å². The van der Waals surface area contributed by atoms with Crippen LogP contribution in [-0.2, 0) is 14.3 Å². The number of hydrogen-bond acceptors (Lipinski definition) is 3. The fraction of sp³-hybridized carbons (Fsp3) is 0.417. The third-order valence-corrected chi connectivity index (χ3v) is 2.03. The lowest BCUT2D eigenvalue weighted by Crippen LogP contribution is -2.30. The van der Waals surface area contributed by atoms with Crippen LogP contribution in [0.5, 0.6) is 0 Å². The Hall–Kier alpha value is -1.58. The smallest absolute Gasteiger partial charge is 0.333 e. The van der Waals surface area contributed by atoms with E-state index in [0.29, 0.717) is 0 Å². The first kappa shape index (κ1) is 14.4. The maximum Gasteiger partial charge on any atom is 0.333 e. The van der Waals surface area contributed by atoms with Crippen LogP contribution in [0.3, 0.4) is 0 Å². The molecule has 0 rings (SSSR count). The van der Waals surface area contributed by atoms with Crippen molar-refractivity contribution in [2.45, 2.75) is 32.8 Å². The molecule has 0 heterocycles. The highest BCUT2D eigenvalue weighted by molar-refractivity contribution is 5.88. The number of carboxylic acids is 1. The average molecular weight is 225 g/mol. The Morgan fingerprint density at radius 2 is 1.94 bits per heavy atom. The van der Waals surface area contributed by atoms with Crippen molar-refractivity contribution in [1.29, 1.82) is 0 Å². The van der Waals surface area contributed by atoms with E-state index >= 15 is 0 Å². The highest BCUT2D eigenvalue weighted by atomic mass is 16.6. The van der Waals surface area contributed by atoms with E-state index in [1.807, 2.05) is 0 Å². The number of carboxylic acid groups (broad SMARTS) is 1. The topological polar surface area (TPSA) is 63.6 Å². The van der Waals surface area contributed by atoms with Gasteiger partial charge in [0.05, 0.1) is 0 Å². The molecule has 16 heavy (non-hydrogen) atoms. The first-order valence-electron chi connectivity index (χ1n) is 4.82. The number of carbonyl (C=O) groups is 2. The zero-order valence-corrected chi connectivity index (χ0v) is 9.87. The van der Waals surface area contributed by atoms with E-state index in [2.05, 4.69) is 13.5 Å². The van der Waals surface area contributed by atoms with Gasteiger partial charge in [0.25, 0.3) is 0 Å². The second kappa shape index (κ2) is 5.49. The van der Waals surface area contributed by atoms with Gasteiger partial charge in [0.1, 0.15) is 5.60 Å². The summed E-state index contributed by atoms with van der Waals surface area (Å²) in [6, 6.07) is 0. The fourth-order valence-electron chi connectivity index (χ4n) is 0.971.